The summed E-state index contributed by atoms with van der Waals surface area (Å²) < 4.78 is 73.7. The van der Waals surface area contributed by atoms with Crippen LogP contribution in [0.25, 0.3) is 11.3 Å². The Morgan fingerprint density at radius 2 is 1.62 bits per heavy atom. The van der Waals surface area contributed by atoms with Crippen LogP contribution >= 0.6 is 11.6 Å². The van der Waals surface area contributed by atoms with Gasteiger partial charge in [0.15, 0.2) is 18.1 Å². The maximum Gasteiger partial charge on any atom is 0.424 e. The van der Waals surface area contributed by atoms with Gasteiger partial charge in [-0.2, -0.15) is 13.2 Å². The molecule has 16 heteroatoms. The van der Waals surface area contributed by atoms with Crippen LogP contribution in [0.1, 0.15) is 56.2 Å². The first-order valence-electron chi connectivity index (χ1n) is 14.2. The number of alkyl carbamates (subject to hydrolysis) is 1. The summed E-state index contributed by atoms with van der Waals surface area (Å²) in [5.41, 5.74) is -7.33. The number of halogens is 5. The Kier molecular flexibility index (Phi) is 11.2. The lowest BCUT2D eigenvalue weighted by atomic mass is 9.88. The standard InChI is InChI=1S/C32H34ClF4N3O8/c1-29(2,3)48-28(44)40-30(4,5)19-13-22(17-7-9-21(34)20(33)11-17)39-25(14-19)31(45,32(35,36)37)16-38-27(43)18-8-10-23(24(12-18)46-6)47-15-26(41)42/h7-14,45H,15-16H2,1-6H3,(H,38,43)(H,40,44)(H,41,42). The number of nitrogens with zero attached hydrogens (tertiary/aromatic N) is 1. The number of pyridine rings is 1. The van der Waals surface area contributed by atoms with E-state index in [1.54, 1.807) is 20.8 Å². The van der Waals surface area contributed by atoms with Gasteiger partial charge < -0.3 is 35.1 Å². The molecule has 3 aromatic rings. The van der Waals surface area contributed by atoms with Crippen LogP contribution in [-0.4, -0.2) is 65.2 Å². The molecular formula is C32H34ClF4N3O8. The van der Waals surface area contributed by atoms with E-state index in [-0.39, 0.29) is 38.9 Å². The van der Waals surface area contributed by atoms with Crippen molar-refractivity contribution in [1.29, 1.82) is 0 Å². The number of hydrogen-bond acceptors (Lipinski definition) is 8. The summed E-state index contributed by atoms with van der Waals surface area (Å²) in [5.74, 6) is -3.25. The van der Waals surface area contributed by atoms with E-state index in [0.717, 1.165) is 30.3 Å². The van der Waals surface area contributed by atoms with E-state index >= 15 is 0 Å². The van der Waals surface area contributed by atoms with Crippen LogP contribution in [0, 0.1) is 5.82 Å². The Hall–Kier alpha value is -4.63. The van der Waals surface area contributed by atoms with E-state index in [4.69, 9.17) is 30.9 Å². The summed E-state index contributed by atoms with van der Waals surface area (Å²) in [5, 5.41) is 24.4. The molecule has 260 valence electrons. The lowest BCUT2D eigenvalue weighted by molar-refractivity contribution is -0.265. The van der Waals surface area contributed by atoms with Gasteiger partial charge in [0.1, 0.15) is 11.4 Å². The number of methoxy groups -OCH3 is 1. The van der Waals surface area contributed by atoms with Crippen molar-refractivity contribution in [2.45, 2.75) is 57.5 Å². The summed E-state index contributed by atoms with van der Waals surface area (Å²) >= 11 is 5.94. The molecule has 0 aliphatic rings. The second-order valence-corrected chi connectivity index (χ2v) is 12.5. The third-order valence-corrected chi connectivity index (χ3v) is 7.04. The van der Waals surface area contributed by atoms with E-state index in [2.05, 4.69) is 15.6 Å². The number of amides is 2. The molecule has 48 heavy (non-hydrogen) atoms. The minimum Gasteiger partial charge on any atom is -0.493 e. The Labute approximate surface area is 278 Å². The predicted molar refractivity (Wildman–Crippen MR) is 165 cm³/mol. The van der Waals surface area contributed by atoms with Crippen molar-refractivity contribution in [3.8, 4) is 22.8 Å². The Morgan fingerprint density at radius 1 is 0.958 bits per heavy atom. The number of carboxylic acid groups (broad SMARTS) is 1. The SMILES string of the molecule is COc1cc(C(=O)NCC(O)(c2cc(C(C)(C)NC(=O)OC(C)(C)C)cc(-c3ccc(F)c(Cl)c3)n2)C(F)(F)F)ccc1OCC(=O)O. The summed E-state index contributed by atoms with van der Waals surface area (Å²) in [4.78, 5) is 40.5. The molecule has 0 saturated heterocycles. The summed E-state index contributed by atoms with van der Waals surface area (Å²) in [6.45, 7) is 5.67. The predicted octanol–water partition coefficient (Wildman–Crippen LogP) is 5.95. The molecule has 11 nitrogen and oxygen atoms in total. The molecule has 1 unspecified atom stereocenters. The smallest absolute Gasteiger partial charge is 0.424 e. The van der Waals surface area contributed by atoms with Gasteiger partial charge in [-0.3, -0.25) is 4.79 Å². The van der Waals surface area contributed by atoms with Crippen LogP contribution in [0.3, 0.4) is 0 Å². The molecule has 4 N–H and O–H groups in total. The molecule has 0 aliphatic heterocycles. The quantitative estimate of drug-likeness (QED) is 0.178. The average Bonchev–Trinajstić information content (AvgIpc) is 2.97. The van der Waals surface area contributed by atoms with Crippen molar-refractivity contribution < 1.29 is 56.4 Å². The number of aromatic nitrogens is 1. The third-order valence-electron chi connectivity index (χ3n) is 6.75. The lowest BCUT2D eigenvalue weighted by Gasteiger charge is -2.33. The number of carboxylic acids is 1. The van der Waals surface area contributed by atoms with E-state index in [9.17, 15) is 37.1 Å². The summed E-state index contributed by atoms with van der Waals surface area (Å²) in [6.07, 6.45) is -6.30. The van der Waals surface area contributed by atoms with Crippen molar-refractivity contribution in [2.24, 2.45) is 0 Å². The van der Waals surface area contributed by atoms with E-state index in [1.165, 1.54) is 39.2 Å². The molecule has 2 aromatic carbocycles. The number of carbonyl (C=O) groups is 3. The van der Waals surface area contributed by atoms with Gasteiger partial charge in [0, 0.05) is 11.1 Å². The molecule has 1 atom stereocenters. The van der Waals surface area contributed by atoms with Crippen molar-refractivity contribution in [2.75, 3.05) is 20.3 Å². The molecule has 3 rings (SSSR count). The third kappa shape index (κ3) is 9.25. The highest BCUT2D eigenvalue weighted by molar-refractivity contribution is 6.31. The summed E-state index contributed by atoms with van der Waals surface area (Å²) in [6, 6.07) is 9.05. The first-order valence-corrected chi connectivity index (χ1v) is 14.5. The van der Waals surface area contributed by atoms with Crippen molar-refractivity contribution in [3.63, 3.8) is 0 Å². The van der Waals surface area contributed by atoms with Crippen LogP contribution in [0.5, 0.6) is 11.5 Å². The average molecular weight is 700 g/mol. The number of aliphatic carboxylic acids is 1. The second-order valence-electron chi connectivity index (χ2n) is 12.1. The Bertz CT molecular complexity index is 1690. The zero-order chi connectivity index (χ0) is 36.2. The number of nitrogens with one attached hydrogen (secondary N) is 2. The number of carbonyl (C=O) groups excluding carboxylic acids is 2. The minimum absolute atomic E-state index is 0.0319. The van der Waals surface area contributed by atoms with Crippen LogP contribution in [0.15, 0.2) is 48.5 Å². The second kappa shape index (κ2) is 14.2. The molecule has 0 spiro atoms. The fourth-order valence-corrected chi connectivity index (χ4v) is 4.43. The minimum atomic E-state index is -5.42. The zero-order valence-electron chi connectivity index (χ0n) is 26.7. The van der Waals surface area contributed by atoms with Crippen molar-refractivity contribution >= 4 is 29.6 Å². The maximum absolute atomic E-state index is 14.8. The van der Waals surface area contributed by atoms with Gasteiger partial charge in [-0.15, -0.1) is 0 Å². The van der Waals surface area contributed by atoms with Gasteiger partial charge in [-0.25, -0.2) is 19.0 Å². The Morgan fingerprint density at radius 3 is 2.19 bits per heavy atom. The van der Waals surface area contributed by atoms with Gasteiger partial charge >= 0.3 is 18.2 Å². The molecule has 0 aliphatic carbocycles. The van der Waals surface area contributed by atoms with Gasteiger partial charge in [0.25, 0.3) is 5.91 Å². The fourth-order valence-electron chi connectivity index (χ4n) is 4.25. The van der Waals surface area contributed by atoms with Gasteiger partial charge in [-0.05, 0) is 88.7 Å². The monoisotopic (exact) mass is 699 g/mol. The summed E-state index contributed by atoms with van der Waals surface area (Å²) in [7, 11) is 1.21. The molecule has 0 saturated carbocycles. The molecule has 0 bridgehead atoms. The van der Waals surface area contributed by atoms with Crippen molar-refractivity contribution in [3.05, 3.63) is 76.2 Å². The van der Waals surface area contributed by atoms with Crippen LogP contribution in [0.2, 0.25) is 5.02 Å². The van der Waals surface area contributed by atoms with Gasteiger partial charge in [-0.1, -0.05) is 11.6 Å². The first kappa shape index (κ1) is 37.8. The van der Waals surface area contributed by atoms with Crippen LogP contribution < -0.4 is 20.1 Å². The Balaban J connectivity index is 2.08. The normalized spacial score (nSPS) is 13.2. The number of benzene rings is 2. The maximum atomic E-state index is 14.8. The topological polar surface area (TPSA) is 156 Å². The molecule has 0 radical (unpaired) electrons. The number of aliphatic hydroxyl groups is 1. The highest BCUT2D eigenvalue weighted by atomic mass is 35.5. The molecule has 2 amide bonds. The number of hydrogen-bond donors (Lipinski definition) is 4. The lowest BCUT2D eigenvalue weighted by Crippen LogP contribution is -2.52. The van der Waals surface area contributed by atoms with E-state index in [1.807, 2.05) is 0 Å². The fraction of sp³-hybridized carbons (Fsp3) is 0.375. The number of rotatable bonds is 11. The van der Waals surface area contributed by atoms with E-state index < -0.39 is 65.5 Å². The number of alkyl halides is 3. The van der Waals surface area contributed by atoms with Gasteiger partial charge in [0.2, 0.25) is 5.60 Å². The molecular weight excluding hydrogens is 666 g/mol. The zero-order valence-corrected chi connectivity index (χ0v) is 27.5. The van der Waals surface area contributed by atoms with Crippen LogP contribution in [-0.2, 0) is 20.7 Å². The highest BCUT2D eigenvalue weighted by Crippen LogP contribution is 2.40. The van der Waals surface area contributed by atoms with E-state index in [0.29, 0.717) is 0 Å². The van der Waals surface area contributed by atoms with Crippen LogP contribution in [0.4, 0.5) is 22.4 Å². The highest BCUT2D eigenvalue weighted by Gasteiger charge is 2.56. The van der Waals surface area contributed by atoms with Crippen molar-refractivity contribution in [1.82, 2.24) is 15.6 Å². The largest absolute Gasteiger partial charge is 0.493 e. The molecule has 1 heterocycles. The molecule has 1 aromatic heterocycles. The number of ether oxygens (including phenoxy) is 3. The first-order chi connectivity index (χ1) is 22.1. The van der Waals surface area contributed by atoms with Gasteiger partial charge in [0.05, 0.1) is 35.6 Å². The molecule has 0 fully saturated rings.